The van der Waals surface area contributed by atoms with Crippen LogP contribution in [0, 0.1) is 11.7 Å². The molecule has 2 rings (SSSR count). The van der Waals surface area contributed by atoms with E-state index >= 15 is 0 Å². The smallest absolute Gasteiger partial charge is 0.326 e. The zero-order valence-corrected chi connectivity index (χ0v) is 8.89. The highest BCUT2D eigenvalue weighted by Gasteiger charge is 2.37. The molecule has 1 unspecified atom stereocenters. The van der Waals surface area contributed by atoms with Gasteiger partial charge in [0.2, 0.25) is 0 Å². The van der Waals surface area contributed by atoms with E-state index in [0.29, 0.717) is 0 Å². The molecule has 0 spiro atoms. The van der Waals surface area contributed by atoms with Crippen LogP contribution in [-0.4, -0.2) is 28.0 Å². The zero-order valence-electron chi connectivity index (χ0n) is 8.89. The largest absolute Gasteiger partial charge is 0.480 e. The van der Waals surface area contributed by atoms with E-state index in [0.717, 1.165) is 25.1 Å². The molecule has 0 aliphatic heterocycles. The number of carboxylic acids is 1. The summed E-state index contributed by atoms with van der Waals surface area (Å²) in [5.41, 5.74) is 0.0249. The van der Waals surface area contributed by atoms with E-state index in [9.17, 15) is 14.0 Å². The number of aliphatic carboxylic acids is 1. The van der Waals surface area contributed by atoms with Crippen LogP contribution >= 0.6 is 0 Å². The molecule has 1 fully saturated rings. The quantitative estimate of drug-likeness (QED) is 0.813. The van der Waals surface area contributed by atoms with Crippen molar-refractivity contribution in [3.05, 3.63) is 29.8 Å². The van der Waals surface area contributed by atoms with Gasteiger partial charge in [-0.05, 0) is 24.8 Å². The molecular weight excluding hydrogens is 227 g/mol. The van der Waals surface area contributed by atoms with Crippen molar-refractivity contribution in [2.45, 2.75) is 18.9 Å². The molecule has 1 saturated carbocycles. The van der Waals surface area contributed by atoms with Crippen LogP contribution in [0.4, 0.5) is 4.39 Å². The van der Waals surface area contributed by atoms with Gasteiger partial charge in [0.1, 0.15) is 11.9 Å². The summed E-state index contributed by atoms with van der Waals surface area (Å²) < 4.78 is 12.8. The highest BCUT2D eigenvalue weighted by molar-refractivity contribution is 5.96. The Bertz CT molecular complexity index is 460. The van der Waals surface area contributed by atoms with E-state index in [1.165, 1.54) is 6.20 Å². The van der Waals surface area contributed by atoms with E-state index in [4.69, 9.17) is 5.11 Å². The van der Waals surface area contributed by atoms with Crippen LogP contribution in [-0.2, 0) is 4.79 Å². The van der Waals surface area contributed by atoms with Gasteiger partial charge in [0.05, 0.1) is 11.8 Å². The topological polar surface area (TPSA) is 79.3 Å². The second-order valence-corrected chi connectivity index (χ2v) is 4.02. The number of pyridine rings is 1. The summed E-state index contributed by atoms with van der Waals surface area (Å²) in [6, 6.07) is 0.125. The van der Waals surface area contributed by atoms with E-state index in [2.05, 4.69) is 10.3 Å². The van der Waals surface area contributed by atoms with Gasteiger partial charge in [0.15, 0.2) is 0 Å². The normalized spacial score (nSPS) is 16.3. The molecule has 1 amide bonds. The first-order valence-corrected chi connectivity index (χ1v) is 5.22. The number of hydrogen-bond acceptors (Lipinski definition) is 3. The van der Waals surface area contributed by atoms with Gasteiger partial charge in [0, 0.05) is 6.20 Å². The standard InChI is InChI=1S/C11H11FN2O3/c12-8-3-7(4-13-5-8)10(15)14-9(11(16)17)6-1-2-6/h3-6,9H,1-2H2,(H,14,15)(H,16,17). The Labute approximate surface area is 96.7 Å². The average Bonchev–Trinajstić information content (AvgIpc) is 3.09. The first-order chi connectivity index (χ1) is 8.08. The zero-order chi connectivity index (χ0) is 12.4. The van der Waals surface area contributed by atoms with Gasteiger partial charge >= 0.3 is 5.97 Å². The van der Waals surface area contributed by atoms with Gasteiger partial charge in [0.25, 0.3) is 5.91 Å². The third kappa shape index (κ3) is 2.77. The summed E-state index contributed by atoms with van der Waals surface area (Å²) in [4.78, 5) is 26.1. The van der Waals surface area contributed by atoms with E-state index in [1.807, 2.05) is 0 Å². The number of amides is 1. The molecule has 6 heteroatoms. The van der Waals surface area contributed by atoms with Crippen LogP contribution in [0.1, 0.15) is 23.2 Å². The molecule has 17 heavy (non-hydrogen) atoms. The molecule has 5 nitrogen and oxygen atoms in total. The molecule has 0 bridgehead atoms. The highest BCUT2D eigenvalue weighted by Crippen LogP contribution is 2.32. The van der Waals surface area contributed by atoms with E-state index < -0.39 is 23.7 Å². The molecule has 1 aliphatic rings. The minimum atomic E-state index is -1.06. The Morgan fingerprint density at radius 1 is 1.47 bits per heavy atom. The predicted octanol–water partition coefficient (Wildman–Crippen LogP) is 0.814. The third-order valence-electron chi connectivity index (χ3n) is 2.61. The van der Waals surface area contributed by atoms with Crippen molar-refractivity contribution in [1.29, 1.82) is 0 Å². The lowest BCUT2D eigenvalue weighted by atomic mass is 10.1. The lowest BCUT2D eigenvalue weighted by Gasteiger charge is -2.13. The molecule has 1 heterocycles. The summed E-state index contributed by atoms with van der Waals surface area (Å²) in [7, 11) is 0. The maximum absolute atomic E-state index is 12.8. The van der Waals surface area contributed by atoms with Crippen molar-refractivity contribution >= 4 is 11.9 Å². The lowest BCUT2D eigenvalue weighted by molar-refractivity contribution is -0.139. The summed E-state index contributed by atoms with van der Waals surface area (Å²) >= 11 is 0. The summed E-state index contributed by atoms with van der Waals surface area (Å²) in [6.07, 6.45) is 3.76. The molecule has 1 atom stereocenters. The number of rotatable bonds is 4. The number of halogens is 1. The van der Waals surface area contributed by atoms with Crippen LogP contribution < -0.4 is 5.32 Å². The Morgan fingerprint density at radius 2 is 2.18 bits per heavy atom. The lowest BCUT2D eigenvalue weighted by Crippen LogP contribution is -2.42. The van der Waals surface area contributed by atoms with Gasteiger partial charge in [-0.25, -0.2) is 9.18 Å². The Kier molecular flexibility index (Phi) is 3.03. The molecule has 90 valence electrons. The fraction of sp³-hybridized carbons (Fsp3) is 0.364. The van der Waals surface area contributed by atoms with Crippen molar-refractivity contribution in [2.75, 3.05) is 0 Å². The molecule has 0 saturated heterocycles. The minimum absolute atomic E-state index is 0.0158. The van der Waals surface area contributed by atoms with Crippen molar-refractivity contribution < 1.29 is 19.1 Å². The molecule has 2 N–H and O–H groups in total. The molecule has 0 aromatic carbocycles. The fourth-order valence-electron chi connectivity index (χ4n) is 1.57. The van der Waals surface area contributed by atoms with Gasteiger partial charge in [-0.15, -0.1) is 0 Å². The van der Waals surface area contributed by atoms with Crippen molar-refractivity contribution in [2.24, 2.45) is 5.92 Å². The summed E-state index contributed by atoms with van der Waals surface area (Å²) in [5.74, 6) is -2.32. The number of carboxylic acid groups (broad SMARTS) is 1. The van der Waals surface area contributed by atoms with Crippen molar-refractivity contribution in [3.8, 4) is 0 Å². The van der Waals surface area contributed by atoms with Crippen LogP contribution in [0.3, 0.4) is 0 Å². The van der Waals surface area contributed by atoms with Gasteiger partial charge in [-0.2, -0.15) is 0 Å². The van der Waals surface area contributed by atoms with E-state index in [1.54, 1.807) is 0 Å². The fourth-order valence-corrected chi connectivity index (χ4v) is 1.57. The Morgan fingerprint density at radius 3 is 2.71 bits per heavy atom. The van der Waals surface area contributed by atoms with Crippen molar-refractivity contribution in [1.82, 2.24) is 10.3 Å². The first-order valence-electron chi connectivity index (χ1n) is 5.22. The number of carbonyl (C=O) groups is 2. The van der Waals surface area contributed by atoms with Gasteiger partial charge in [-0.3, -0.25) is 9.78 Å². The van der Waals surface area contributed by atoms with Gasteiger partial charge in [-0.1, -0.05) is 0 Å². The molecular formula is C11H11FN2O3. The summed E-state index contributed by atoms with van der Waals surface area (Å²) in [6.45, 7) is 0. The monoisotopic (exact) mass is 238 g/mol. The van der Waals surface area contributed by atoms with Crippen LogP contribution in [0.5, 0.6) is 0 Å². The number of nitrogens with zero attached hydrogens (tertiary/aromatic N) is 1. The number of hydrogen-bond donors (Lipinski definition) is 2. The van der Waals surface area contributed by atoms with Crippen molar-refractivity contribution in [3.63, 3.8) is 0 Å². The van der Waals surface area contributed by atoms with Crippen LogP contribution in [0.2, 0.25) is 0 Å². The Hall–Kier alpha value is -1.98. The SMILES string of the molecule is O=C(NC(C(=O)O)C1CC1)c1cncc(F)c1. The molecule has 0 radical (unpaired) electrons. The summed E-state index contributed by atoms with van der Waals surface area (Å²) in [5, 5.41) is 11.3. The second kappa shape index (κ2) is 4.48. The molecule has 1 aliphatic carbocycles. The van der Waals surface area contributed by atoms with Crippen LogP contribution in [0.25, 0.3) is 0 Å². The molecule has 1 aromatic rings. The third-order valence-corrected chi connectivity index (χ3v) is 2.61. The number of carbonyl (C=O) groups excluding carboxylic acids is 1. The Balaban J connectivity index is 2.07. The number of nitrogens with one attached hydrogen (secondary N) is 1. The maximum atomic E-state index is 12.8. The van der Waals surface area contributed by atoms with E-state index in [-0.39, 0.29) is 11.5 Å². The highest BCUT2D eigenvalue weighted by atomic mass is 19.1. The molecule has 1 aromatic heterocycles. The predicted molar refractivity (Wildman–Crippen MR) is 55.8 cm³/mol. The number of aromatic nitrogens is 1. The average molecular weight is 238 g/mol. The maximum Gasteiger partial charge on any atom is 0.326 e. The first kappa shape index (κ1) is 11.5. The second-order valence-electron chi connectivity index (χ2n) is 4.02. The van der Waals surface area contributed by atoms with Gasteiger partial charge < -0.3 is 10.4 Å². The minimum Gasteiger partial charge on any atom is -0.480 e. The van der Waals surface area contributed by atoms with Crippen LogP contribution in [0.15, 0.2) is 18.5 Å².